The van der Waals surface area contributed by atoms with Crippen molar-refractivity contribution in [3.05, 3.63) is 84.7 Å². The monoisotopic (exact) mass is 390 g/mol. The van der Waals surface area contributed by atoms with E-state index in [4.69, 9.17) is 0 Å². The van der Waals surface area contributed by atoms with Gasteiger partial charge in [0.25, 0.3) is 0 Å². The van der Waals surface area contributed by atoms with Crippen LogP contribution in [0.5, 0.6) is 0 Å². The van der Waals surface area contributed by atoms with Crippen LogP contribution in [0.1, 0.15) is 21.2 Å². The highest BCUT2D eigenvalue weighted by molar-refractivity contribution is 5.86. The third-order valence-electron chi connectivity index (χ3n) is 3.90. The molecule has 0 fully saturated rings. The molecule has 2 aromatic carbocycles. The second-order valence-electron chi connectivity index (χ2n) is 5.81. The molecule has 0 bridgehead atoms. The first-order chi connectivity index (χ1) is 14.2. The van der Waals surface area contributed by atoms with Gasteiger partial charge in [-0.15, -0.1) is 0 Å². The van der Waals surface area contributed by atoms with Crippen molar-refractivity contribution in [3.63, 3.8) is 0 Å². The van der Waals surface area contributed by atoms with Crippen LogP contribution in [0.15, 0.2) is 73.1 Å². The molecule has 2 N–H and O–H groups in total. The summed E-state index contributed by atoms with van der Waals surface area (Å²) in [6.45, 7) is 0. The Morgan fingerprint density at radius 3 is 1.48 bits per heavy atom. The van der Waals surface area contributed by atoms with Gasteiger partial charge in [-0.1, -0.05) is 60.7 Å². The zero-order chi connectivity index (χ0) is 20.1. The van der Waals surface area contributed by atoms with Crippen LogP contribution in [0.3, 0.4) is 0 Å². The Morgan fingerprint density at radius 2 is 1.07 bits per heavy atom. The van der Waals surface area contributed by atoms with Crippen LogP contribution < -0.4 is 0 Å². The van der Waals surface area contributed by atoms with E-state index in [0.717, 1.165) is 11.1 Å². The van der Waals surface area contributed by atoms with E-state index in [1.165, 1.54) is 0 Å². The molecule has 0 atom stereocenters. The van der Waals surface area contributed by atoms with Crippen LogP contribution in [0.25, 0.3) is 22.5 Å². The number of aromatic nitrogens is 4. The number of carbonyl (C=O) groups excluding carboxylic acids is 2. The minimum atomic E-state index is -0.954. The maximum Gasteiger partial charge on any atom is 0.412 e. The third kappa shape index (κ3) is 4.20. The van der Waals surface area contributed by atoms with Crippen LogP contribution in [0.2, 0.25) is 0 Å². The highest BCUT2D eigenvalue weighted by Gasteiger charge is 2.18. The summed E-state index contributed by atoms with van der Waals surface area (Å²) in [4.78, 5) is 46.3. The van der Waals surface area contributed by atoms with E-state index in [1.54, 1.807) is 12.4 Å². The van der Waals surface area contributed by atoms with Gasteiger partial charge < -0.3 is 9.97 Å². The molecule has 9 nitrogen and oxygen atoms in total. The van der Waals surface area contributed by atoms with E-state index in [2.05, 4.69) is 34.7 Å². The first kappa shape index (κ1) is 18.1. The quantitative estimate of drug-likeness (QED) is 0.383. The highest BCUT2D eigenvalue weighted by Crippen LogP contribution is 2.17. The molecule has 0 aliphatic rings. The molecular weight excluding hydrogens is 376 g/mol. The lowest BCUT2D eigenvalue weighted by atomic mass is 10.2. The summed E-state index contributed by atoms with van der Waals surface area (Å²) in [5.41, 5.74) is 2.75. The molecule has 2 aromatic heterocycles. The van der Waals surface area contributed by atoms with E-state index >= 15 is 0 Å². The number of nitrogens with zero attached hydrogens (tertiary/aromatic N) is 2. The Kier molecular flexibility index (Phi) is 5.12. The van der Waals surface area contributed by atoms with Crippen LogP contribution in [-0.2, 0) is 14.8 Å². The van der Waals surface area contributed by atoms with Crippen molar-refractivity contribution in [3.8, 4) is 22.5 Å². The number of imidazole rings is 2. The smallest absolute Gasteiger partial charge is 0.338 e. The van der Waals surface area contributed by atoms with Crippen molar-refractivity contribution in [2.45, 2.75) is 0 Å². The van der Waals surface area contributed by atoms with E-state index < -0.39 is 11.9 Å². The average Bonchev–Trinajstić information content (AvgIpc) is 3.45. The molecule has 0 saturated carbocycles. The second kappa shape index (κ2) is 8.19. The van der Waals surface area contributed by atoms with Crippen molar-refractivity contribution in [2.24, 2.45) is 0 Å². The summed E-state index contributed by atoms with van der Waals surface area (Å²) < 4.78 is 0. The third-order valence-corrected chi connectivity index (χ3v) is 3.90. The first-order valence-corrected chi connectivity index (χ1v) is 8.52. The van der Waals surface area contributed by atoms with E-state index in [-0.39, 0.29) is 11.6 Å². The molecule has 0 spiro atoms. The summed E-state index contributed by atoms with van der Waals surface area (Å²) in [7, 11) is 0. The molecule has 0 unspecified atom stereocenters. The van der Waals surface area contributed by atoms with Crippen molar-refractivity contribution in [1.82, 2.24) is 19.9 Å². The molecule has 29 heavy (non-hydrogen) atoms. The minimum absolute atomic E-state index is 0.107. The number of rotatable bonds is 6. The number of benzene rings is 2. The van der Waals surface area contributed by atoms with Crippen molar-refractivity contribution >= 4 is 11.9 Å². The predicted molar refractivity (Wildman–Crippen MR) is 100.0 cm³/mol. The number of hydrogen-bond donors (Lipinski definition) is 2. The summed E-state index contributed by atoms with van der Waals surface area (Å²) in [5, 5.41) is 4.28. The van der Waals surface area contributed by atoms with E-state index in [0.29, 0.717) is 11.4 Å². The van der Waals surface area contributed by atoms with E-state index in [9.17, 15) is 9.59 Å². The van der Waals surface area contributed by atoms with Crippen LogP contribution >= 0.6 is 0 Å². The minimum Gasteiger partial charge on any atom is -0.338 e. The van der Waals surface area contributed by atoms with Crippen molar-refractivity contribution < 1.29 is 24.4 Å². The van der Waals surface area contributed by atoms with Crippen LogP contribution in [0.4, 0.5) is 0 Å². The van der Waals surface area contributed by atoms with Crippen LogP contribution in [-0.4, -0.2) is 31.9 Å². The lowest BCUT2D eigenvalue weighted by Gasteiger charge is -1.99. The summed E-state index contributed by atoms with van der Waals surface area (Å²) in [6.07, 6.45) is 3.10. The zero-order valence-electron chi connectivity index (χ0n) is 14.9. The Labute approximate surface area is 164 Å². The van der Waals surface area contributed by atoms with Gasteiger partial charge in [0.2, 0.25) is 11.6 Å². The molecule has 0 aliphatic carbocycles. The highest BCUT2D eigenvalue weighted by atomic mass is 17.5. The van der Waals surface area contributed by atoms with Gasteiger partial charge in [0, 0.05) is 28.6 Å². The fraction of sp³-hybridized carbons (Fsp3) is 0. The lowest BCUT2D eigenvalue weighted by Crippen LogP contribution is -2.13. The molecule has 144 valence electrons. The molecule has 0 amide bonds. The predicted octanol–water partition coefficient (Wildman–Crippen LogP) is 3.33. The van der Waals surface area contributed by atoms with E-state index in [1.807, 2.05) is 60.7 Å². The topological polar surface area (TPSA) is 119 Å². The maximum atomic E-state index is 11.9. The molecule has 4 rings (SSSR count). The molecule has 0 radical (unpaired) electrons. The number of carbonyl (C=O) groups is 2. The summed E-state index contributed by atoms with van der Waals surface area (Å²) >= 11 is 0. The van der Waals surface area contributed by atoms with Gasteiger partial charge in [-0.3, -0.25) is 9.78 Å². The average molecular weight is 390 g/mol. The zero-order valence-corrected chi connectivity index (χ0v) is 14.9. The maximum absolute atomic E-state index is 11.9. The molecule has 9 heteroatoms. The molecule has 0 saturated heterocycles. The molecule has 0 aliphatic heterocycles. The van der Waals surface area contributed by atoms with Crippen molar-refractivity contribution in [1.29, 1.82) is 0 Å². The molecule has 4 aromatic rings. The molecule has 2 heterocycles. The number of hydrogen-bond acceptors (Lipinski definition) is 7. The number of aromatic amines is 2. The Balaban J connectivity index is 1.31. The Morgan fingerprint density at radius 1 is 0.655 bits per heavy atom. The standard InChI is InChI=1S/C20H14N4O5/c25-19(17-21-11-15(23-17)13-7-3-1-4-8-13)27-29-28-20(26)18-22-12-16(24-18)14-9-5-2-6-10-14/h1-12H,(H,21,23)(H,22,24). The van der Waals surface area contributed by atoms with Gasteiger partial charge in [-0.25, -0.2) is 19.6 Å². The number of nitrogens with one attached hydrogen (secondary N) is 2. The summed E-state index contributed by atoms with van der Waals surface area (Å²) in [5.74, 6) is -2.12. The van der Waals surface area contributed by atoms with Gasteiger partial charge in [-0.2, -0.15) is 0 Å². The van der Waals surface area contributed by atoms with Gasteiger partial charge in [0.1, 0.15) is 0 Å². The van der Waals surface area contributed by atoms with Crippen LogP contribution in [0, 0.1) is 0 Å². The van der Waals surface area contributed by atoms with Crippen molar-refractivity contribution in [2.75, 3.05) is 0 Å². The van der Waals surface area contributed by atoms with Gasteiger partial charge >= 0.3 is 11.9 Å². The van der Waals surface area contributed by atoms with Gasteiger partial charge in [0.05, 0.1) is 11.4 Å². The lowest BCUT2D eigenvalue weighted by molar-refractivity contribution is -0.446. The fourth-order valence-corrected chi connectivity index (χ4v) is 2.52. The Bertz CT molecular complexity index is 1030. The van der Waals surface area contributed by atoms with Gasteiger partial charge in [-0.05, 0) is 0 Å². The SMILES string of the molecule is O=C(OOOC(=O)c1nc(-c2ccccc2)c[nH]1)c1nc(-c2ccccc2)c[nH]1. The number of H-pyrrole nitrogens is 2. The normalized spacial score (nSPS) is 10.5. The Hall–Kier alpha value is -4.24. The second-order valence-corrected chi connectivity index (χ2v) is 5.81. The van der Waals surface area contributed by atoms with Gasteiger partial charge in [0.15, 0.2) is 0 Å². The molecular formula is C20H14N4O5. The first-order valence-electron chi connectivity index (χ1n) is 8.52. The summed E-state index contributed by atoms with van der Waals surface area (Å²) in [6, 6.07) is 18.5. The fourth-order valence-electron chi connectivity index (χ4n) is 2.52. The largest absolute Gasteiger partial charge is 0.412 e.